The van der Waals surface area contributed by atoms with Gasteiger partial charge in [0.2, 0.25) is 0 Å². The molecule has 1 aromatic rings. The Morgan fingerprint density at radius 2 is 1.25 bits per heavy atom. The standard InChI is InChI=1S/C8H8I2O2/c1-11-7-3-6(10)8(12-2)4-5(7)9/h3-4H,1-2H3. The minimum atomic E-state index is 0.890. The molecule has 0 aliphatic rings. The van der Waals surface area contributed by atoms with Gasteiger partial charge in [-0.3, -0.25) is 0 Å². The van der Waals surface area contributed by atoms with E-state index in [1.54, 1.807) is 14.2 Å². The molecule has 0 aliphatic heterocycles. The Bertz CT molecular complexity index is 257. The Morgan fingerprint density at radius 1 is 0.917 bits per heavy atom. The number of benzene rings is 1. The fourth-order valence-corrected chi connectivity index (χ4v) is 2.14. The molecule has 0 amide bonds. The van der Waals surface area contributed by atoms with Crippen molar-refractivity contribution in [3.8, 4) is 11.5 Å². The molecule has 2 nitrogen and oxygen atoms in total. The molecule has 0 unspecified atom stereocenters. The first-order valence-electron chi connectivity index (χ1n) is 3.26. The zero-order chi connectivity index (χ0) is 9.14. The van der Waals surface area contributed by atoms with Crippen LogP contribution in [0.1, 0.15) is 0 Å². The highest BCUT2D eigenvalue weighted by Gasteiger charge is 2.06. The quantitative estimate of drug-likeness (QED) is 0.724. The minimum Gasteiger partial charge on any atom is -0.496 e. The van der Waals surface area contributed by atoms with Crippen LogP contribution in [0.25, 0.3) is 0 Å². The summed E-state index contributed by atoms with van der Waals surface area (Å²) < 4.78 is 12.4. The number of halogens is 2. The van der Waals surface area contributed by atoms with E-state index in [1.807, 2.05) is 12.1 Å². The predicted octanol–water partition coefficient (Wildman–Crippen LogP) is 2.91. The van der Waals surface area contributed by atoms with E-state index in [0.29, 0.717) is 0 Å². The lowest BCUT2D eigenvalue weighted by atomic mass is 10.3. The van der Waals surface area contributed by atoms with Gasteiger partial charge in [0, 0.05) is 0 Å². The molecule has 4 heteroatoms. The molecular formula is C8H8I2O2. The second kappa shape index (κ2) is 4.50. The Labute approximate surface area is 98.9 Å². The maximum Gasteiger partial charge on any atom is 0.133 e. The van der Waals surface area contributed by atoms with Gasteiger partial charge >= 0.3 is 0 Å². The summed E-state index contributed by atoms with van der Waals surface area (Å²) in [5, 5.41) is 0. The Kier molecular flexibility index (Phi) is 3.88. The van der Waals surface area contributed by atoms with Crippen LogP contribution in [0.15, 0.2) is 12.1 Å². The van der Waals surface area contributed by atoms with Crippen molar-refractivity contribution in [3.05, 3.63) is 19.3 Å². The van der Waals surface area contributed by atoms with Crippen LogP contribution in [-0.2, 0) is 0 Å². The molecule has 66 valence electrons. The van der Waals surface area contributed by atoms with E-state index in [1.165, 1.54) is 0 Å². The smallest absolute Gasteiger partial charge is 0.133 e. The van der Waals surface area contributed by atoms with Gasteiger partial charge in [-0.1, -0.05) is 0 Å². The fourth-order valence-electron chi connectivity index (χ4n) is 0.823. The van der Waals surface area contributed by atoms with Gasteiger partial charge in [-0.2, -0.15) is 0 Å². The highest BCUT2D eigenvalue weighted by Crippen LogP contribution is 2.30. The molecule has 0 aliphatic carbocycles. The third-order valence-electron chi connectivity index (χ3n) is 1.43. The second-order valence-electron chi connectivity index (χ2n) is 2.12. The van der Waals surface area contributed by atoms with Crippen molar-refractivity contribution in [2.24, 2.45) is 0 Å². The SMILES string of the molecule is COc1cc(I)c(OC)cc1I. The van der Waals surface area contributed by atoms with Crippen molar-refractivity contribution >= 4 is 45.2 Å². The Hall–Kier alpha value is 0.280. The summed E-state index contributed by atoms with van der Waals surface area (Å²) in [5.74, 6) is 1.78. The van der Waals surface area contributed by atoms with Crippen LogP contribution in [0.3, 0.4) is 0 Å². The summed E-state index contributed by atoms with van der Waals surface area (Å²) in [7, 11) is 3.33. The molecule has 0 N–H and O–H groups in total. The summed E-state index contributed by atoms with van der Waals surface area (Å²) in [6, 6.07) is 3.92. The summed E-state index contributed by atoms with van der Waals surface area (Å²) in [5.41, 5.74) is 0. The molecule has 1 aromatic carbocycles. The first kappa shape index (κ1) is 10.4. The molecule has 12 heavy (non-hydrogen) atoms. The third kappa shape index (κ3) is 2.15. The van der Waals surface area contributed by atoms with Gasteiger partial charge in [-0.15, -0.1) is 0 Å². The van der Waals surface area contributed by atoms with E-state index in [-0.39, 0.29) is 0 Å². The van der Waals surface area contributed by atoms with Gasteiger partial charge in [0.1, 0.15) is 11.5 Å². The van der Waals surface area contributed by atoms with E-state index in [4.69, 9.17) is 9.47 Å². The summed E-state index contributed by atoms with van der Waals surface area (Å²) in [6.07, 6.45) is 0. The number of ether oxygens (including phenoxy) is 2. The summed E-state index contributed by atoms with van der Waals surface area (Å²) >= 11 is 4.44. The number of hydrogen-bond acceptors (Lipinski definition) is 2. The van der Waals surface area contributed by atoms with Crippen molar-refractivity contribution in [2.45, 2.75) is 0 Å². The van der Waals surface area contributed by atoms with Crippen molar-refractivity contribution in [3.63, 3.8) is 0 Å². The van der Waals surface area contributed by atoms with Crippen LogP contribution in [0.2, 0.25) is 0 Å². The summed E-state index contributed by atoms with van der Waals surface area (Å²) in [4.78, 5) is 0. The molecule has 0 aromatic heterocycles. The topological polar surface area (TPSA) is 18.5 Å². The lowest BCUT2D eigenvalue weighted by Crippen LogP contribution is -1.92. The minimum absolute atomic E-state index is 0.890. The normalized spacial score (nSPS) is 9.67. The Morgan fingerprint density at radius 3 is 1.50 bits per heavy atom. The summed E-state index contributed by atoms with van der Waals surface area (Å²) in [6.45, 7) is 0. The van der Waals surface area contributed by atoms with Gasteiger partial charge in [0.15, 0.2) is 0 Å². The number of hydrogen-bond donors (Lipinski definition) is 0. The molecule has 0 atom stereocenters. The first-order chi connectivity index (χ1) is 5.69. The van der Waals surface area contributed by atoms with Gasteiger partial charge in [0.05, 0.1) is 21.4 Å². The molecule has 0 fully saturated rings. The van der Waals surface area contributed by atoms with E-state index >= 15 is 0 Å². The van der Waals surface area contributed by atoms with Crippen molar-refractivity contribution in [2.75, 3.05) is 14.2 Å². The molecule has 0 saturated carbocycles. The average Bonchev–Trinajstić information content (AvgIpc) is 2.08. The van der Waals surface area contributed by atoms with Crippen molar-refractivity contribution < 1.29 is 9.47 Å². The van der Waals surface area contributed by atoms with Crippen LogP contribution in [-0.4, -0.2) is 14.2 Å². The lowest BCUT2D eigenvalue weighted by molar-refractivity contribution is 0.398. The van der Waals surface area contributed by atoms with Gasteiger partial charge in [-0.25, -0.2) is 0 Å². The van der Waals surface area contributed by atoms with Crippen molar-refractivity contribution in [1.29, 1.82) is 0 Å². The average molecular weight is 390 g/mol. The van der Waals surface area contributed by atoms with Gasteiger partial charge in [0.25, 0.3) is 0 Å². The van der Waals surface area contributed by atoms with Gasteiger partial charge in [-0.05, 0) is 57.3 Å². The largest absolute Gasteiger partial charge is 0.496 e. The van der Waals surface area contributed by atoms with E-state index in [0.717, 1.165) is 18.6 Å². The zero-order valence-electron chi connectivity index (χ0n) is 6.73. The zero-order valence-corrected chi connectivity index (χ0v) is 11.0. The van der Waals surface area contributed by atoms with Gasteiger partial charge < -0.3 is 9.47 Å². The van der Waals surface area contributed by atoms with E-state index in [2.05, 4.69) is 45.2 Å². The Balaban J connectivity index is 3.16. The van der Waals surface area contributed by atoms with Crippen LogP contribution in [0.5, 0.6) is 11.5 Å². The van der Waals surface area contributed by atoms with Crippen molar-refractivity contribution in [1.82, 2.24) is 0 Å². The molecule has 0 saturated heterocycles. The number of rotatable bonds is 2. The fraction of sp³-hybridized carbons (Fsp3) is 0.250. The highest BCUT2D eigenvalue weighted by atomic mass is 127. The molecule has 1 rings (SSSR count). The number of methoxy groups -OCH3 is 2. The van der Waals surface area contributed by atoms with E-state index < -0.39 is 0 Å². The van der Waals surface area contributed by atoms with Crippen LogP contribution >= 0.6 is 45.2 Å². The maximum atomic E-state index is 5.16. The third-order valence-corrected chi connectivity index (χ3v) is 3.11. The predicted molar refractivity (Wildman–Crippen MR) is 65.0 cm³/mol. The van der Waals surface area contributed by atoms with Crippen LogP contribution in [0.4, 0.5) is 0 Å². The van der Waals surface area contributed by atoms with Crippen LogP contribution < -0.4 is 9.47 Å². The second-order valence-corrected chi connectivity index (χ2v) is 4.45. The molecule has 0 radical (unpaired) electrons. The monoisotopic (exact) mass is 390 g/mol. The van der Waals surface area contributed by atoms with Crippen LogP contribution in [0, 0.1) is 7.14 Å². The molecule has 0 heterocycles. The lowest BCUT2D eigenvalue weighted by Gasteiger charge is -2.07. The first-order valence-corrected chi connectivity index (χ1v) is 5.41. The molecule has 0 spiro atoms. The highest BCUT2D eigenvalue weighted by molar-refractivity contribution is 14.1. The van der Waals surface area contributed by atoms with E-state index in [9.17, 15) is 0 Å². The molecule has 0 bridgehead atoms. The molecular weight excluding hydrogens is 382 g/mol. The maximum absolute atomic E-state index is 5.16.